The van der Waals surface area contributed by atoms with Crippen molar-refractivity contribution in [1.29, 1.82) is 0 Å². The number of nitrogens with zero attached hydrogens (tertiary/aromatic N) is 3. The number of nitrogens with two attached hydrogens (primary N) is 1. The topological polar surface area (TPSA) is 65.8 Å². The van der Waals surface area contributed by atoms with E-state index >= 15 is 0 Å². The van der Waals surface area contributed by atoms with Crippen LogP contribution in [-0.2, 0) is 13.6 Å². The Balaban J connectivity index is 2.57. The van der Waals surface area contributed by atoms with E-state index < -0.39 is 0 Å². The summed E-state index contributed by atoms with van der Waals surface area (Å²) < 4.78 is 4.32. The number of hydrogen-bond donors (Lipinski definition) is 1. The number of halogens is 1. The molecular weight excluding hydrogens is 340 g/mol. The standard InChI is InChI=1S/C13H15BrN4OS/c1-7-4-5-9(12(15)20)13(19)18(7)6-10-11(14)8(2)16-17(10)3/h4-5H,6H2,1-3H3,(H2,15,20). The molecule has 5 nitrogen and oxygen atoms in total. The van der Waals surface area contributed by atoms with Gasteiger partial charge in [-0.25, -0.2) is 0 Å². The second-order valence-corrected chi connectivity index (χ2v) is 5.85. The third-order valence-corrected chi connectivity index (χ3v) is 4.48. The van der Waals surface area contributed by atoms with Gasteiger partial charge in [0.15, 0.2) is 0 Å². The van der Waals surface area contributed by atoms with Crippen molar-refractivity contribution in [2.45, 2.75) is 20.4 Å². The number of thiocarbonyl (C=S) groups is 1. The Morgan fingerprint density at radius 3 is 2.60 bits per heavy atom. The van der Waals surface area contributed by atoms with Gasteiger partial charge in [-0.3, -0.25) is 9.48 Å². The fourth-order valence-corrected chi connectivity index (χ4v) is 2.67. The predicted octanol–water partition coefficient (Wildman–Crippen LogP) is 1.64. The Hall–Kier alpha value is -1.47. The minimum Gasteiger partial charge on any atom is -0.389 e. The minimum absolute atomic E-state index is 0.115. The van der Waals surface area contributed by atoms with Crippen LogP contribution >= 0.6 is 28.1 Å². The molecule has 0 aromatic carbocycles. The van der Waals surface area contributed by atoms with Crippen LogP contribution < -0.4 is 11.3 Å². The third kappa shape index (κ3) is 2.55. The normalized spacial score (nSPS) is 10.8. The quantitative estimate of drug-likeness (QED) is 0.851. The van der Waals surface area contributed by atoms with Gasteiger partial charge in [0.05, 0.1) is 28.0 Å². The third-order valence-electron chi connectivity index (χ3n) is 3.23. The highest BCUT2D eigenvalue weighted by Crippen LogP contribution is 2.21. The van der Waals surface area contributed by atoms with Gasteiger partial charge in [0, 0.05) is 12.7 Å². The summed E-state index contributed by atoms with van der Waals surface area (Å²) in [6, 6.07) is 3.51. The van der Waals surface area contributed by atoms with Crippen LogP contribution in [0, 0.1) is 13.8 Å². The molecule has 0 bridgehead atoms. The Morgan fingerprint density at radius 2 is 2.10 bits per heavy atom. The highest BCUT2D eigenvalue weighted by Gasteiger charge is 2.14. The van der Waals surface area contributed by atoms with E-state index in [0.717, 1.165) is 21.6 Å². The molecule has 7 heteroatoms. The Labute approximate surface area is 130 Å². The van der Waals surface area contributed by atoms with Crippen LogP contribution in [-0.4, -0.2) is 19.3 Å². The number of aryl methyl sites for hydroxylation is 3. The monoisotopic (exact) mass is 354 g/mol. The first-order chi connectivity index (χ1) is 9.32. The van der Waals surface area contributed by atoms with E-state index in [-0.39, 0.29) is 10.5 Å². The van der Waals surface area contributed by atoms with Crippen molar-refractivity contribution in [2.24, 2.45) is 12.8 Å². The Bertz CT molecular complexity index is 748. The smallest absolute Gasteiger partial charge is 0.261 e. The van der Waals surface area contributed by atoms with E-state index in [1.807, 2.05) is 27.0 Å². The molecular formula is C13H15BrN4OS. The van der Waals surface area contributed by atoms with Crippen LogP contribution in [0.4, 0.5) is 0 Å². The lowest BCUT2D eigenvalue weighted by molar-refractivity contribution is 0.638. The molecule has 2 aromatic heterocycles. The number of aromatic nitrogens is 3. The average Bonchev–Trinajstić information content (AvgIpc) is 2.59. The van der Waals surface area contributed by atoms with Crippen LogP contribution in [0.25, 0.3) is 0 Å². The number of pyridine rings is 1. The van der Waals surface area contributed by atoms with E-state index in [0.29, 0.717) is 12.1 Å². The van der Waals surface area contributed by atoms with Gasteiger partial charge in [-0.15, -0.1) is 0 Å². The van der Waals surface area contributed by atoms with E-state index in [1.54, 1.807) is 15.3 Å². The Morgan fingerprint density at radius 1 is 1.45 bits per heavy atom. The molecule has 0 saturated carbocycles. The SMILES string of the molecule is Cc1nn(C)c(Cn2c(C)ccc(C(N)=S)c2=O)c1Br. The van der Waals surface area contributed by atoms with Crippen molar-refractivity contribution in [3.05, 3.63) is 49.6 Å². The lowest BCUT2D eigenvalue weighted by Gasteiger charge is -2.12. The molecule has 0 aliphatic heterocycles. The number of hydrogen-bond acceptors (Lipinski definition) is 3. The fraction of sp³-hybridized carbons (Fsp3) is 0.308. The summed E-state index contributed by atoms with van der Waals surface area (Å²) in [5, 5.41) is 4.33. The van der Waals surface area contributed by atoms with Crippen molar-refractivity contribution in [3.63, 3.8) is 0 Å². The van der Waals surface area contributed by atoms with E-state index in [2.05, 4.69) is 21.0 Å². The van der Waals surface area contributed by atoms with Crippen LogP contribution in [0.3, 0.4) is 0 Å². The van der Waals surface area contributed by atoms with Crippen LogP contribution in [0.1, 0.15) is 22.6 Å². The summed E-state index contributed by atoms with van der Waals surface area (Å²) in [6.45, 7) is 4.20. The largest absolute Gasteiger partial charge is 0.389 e. The Kier molecular flexibility index (Phi) is 4.10. The molecule has 0 saturated heterocycles. The van der Waals surface area contributed by atoms with Crippen LogP contribution in [0.2, 0.25) is 0 Å². The van der Waals surface area contributed by atoms with Gasteiger partial charge in [-0.05, 0) is 41.9 Å². The molecule has 0 radical (unpaired) electrons. The van der Waals surface area contributed by atoms with Gasteiger partial charge in [0.2, 0.25) is 0 Å². The highest BCUT2D eigenvalue weighted by atomic mass is 79.9. The van der Waals surface area contributed by atoms with E-state index in [9.17, 15) is 4.79 Å². The van der Waals surface area contributed by atoms with Gasteiger partial charge in [-0.2, -0.15) is 5.10 Å². The van der Waals surface area contributed by atoms with Gasteiger partial charge < -0.3 is 10.3 Å². The van der Waals surface area contributed by atoms with Crippen LogP contribution in [0.15, 0.2) is 21.4 Å². The van der Waals surface area contributed by atoms with Crippen molar-refractivity contribution in [1.82, 2.24) is 14.3 Å². The van der Waals surface area contributed by atoms with Crippen molar-refractivity contribution in [2.75, 3.05) is 0 Å². The lowest BCUT2D eigenvalue weighted by atomic mass is 10.2. The maximum Gasteiger partial charge on any atom is 0.261 e. The summed E-state index contributed by atoms with van der Waals surface area (Å²) >= 11 is 8.42. The molecule has 2 heterocycles. The van der Waals surface area contributed by atoms with Gasteiger partial charge in [-0.1, -0.05) is 12.2 Å². The average molecular weight is 355 g/mol. The zero-order chi connectivity index (χ0) is 15.0. The first kappa shape index (κ1) is 14.9. The summed E-state index contributed by atoms with van der Waals surface area (Å²) in [5.74, 6) is 0. The van der Waals surface area contributed by atoms with E-state index in [4.69, 9.17) is 18.0 Å². The fourth-order valence-electron chi connectivity index (χ4n) is 2.06. The zero-order valence-corrected chi connectivity index (χ0v) is 13.9. The molecule has 0 unspecified atom stereocenters. The summed E-state index contributed by atoms with van der Waals surface area (Å²) in [5.41, 5.74) is 8.43. The van der Waals surface area contributed by atoms with Gasteiger partial charge in [0.25, 0.3) is 5.56 Å². The summed E-state index contributed by atoms with van der Waals surface area (Å²) in [6.07, 6.45) is 0. The molecule has 2 rings (SSSR count). The molecule has 0 aliphatic carbocycles. The summed E-state index contributed by atoms with van der Waals surface area (Å²) in [7, 11) is 1.85. The molecule has 0 amide bonds. The van der Waals surface area contributed by atoms with Crippen LogP contribution in [0.5, 0.6) is 0 Å². The van der Waals surface area contributed by atoms with Crippen molar-refractivity contribution < 1.29 is 0 Å². The molecule has 2 aromatic rings. The highest BCUT2D eigenvalue weighted by molar-refractivity contribution is 9.10. The zero-order valence-electron chi connectivity index (χ0n) is 11.5. The maximum absolute atomic E-state index is 12.4. The van der Waals surface area contributed by atoms with Crippen molar-refractivity contribution >= 4 is 33.1 Å². The minimum atomic E-state index is -0.178. The second kappa shape index (κ2) is 5.49. The van der Waals surface area contributed by atoms with Gasteiger partial charge in [0.1, 0.15) is 4.99 Å². The number of rotatable bonds is 3. The molecule has 106 valence electrons. The maximum atomic E-state index is 12.4. The molecule has 0 aliphatic rings. The van der Waals surface area contributed by atoms with Gasteiger partial charge >= 0.3 is 0 Å². The molecule has 0 spiro atoms. The molecule has 0 atom stereocenters. The van der Waals surface area contributed by atoms with E-state index in [1.165, 1.54) is 0 Å². The summed E-state index contributed by atoms with van der Waals surface area (Å²) in [4.78, 5) is 12.5. The molecule has 2 N–H and O–H groups in total. The first-order valence-electron chi connectivity index (χ1n) is 6.01. The van der Waals surface area contributed by atoms with Crippen molar-refractivity contribution in [3.8, 4) is 0 Å². The molecule has 20 heavy (non-hydrogen) atoms. The first-order valence-corrected chi connectivity index (χ1v) is 7.21. The lowest BCUT2D eigenvalue weighted by Crippen LogP contribution is -2.31. The second-order valence-electron chi connectivity index (χ2n) is 4.61. The molecule has 0 fully saturated rings. The predicted molar refractivity (Wildman–Crippen MR) is 86.1 cm³/mol.